The minimum Gasteiger partial charge on any atom is -0.493 e. The molecule has 3 N–H and O–H groups in total. The van der Waals surface area contributed by atoms with Crippen molar-refractivity contribution < 1.29 is 24.2 Å². The van der Waals surface area contributed by atoms with Crippen LogP contribution < -0.4 is 15.2 Å². The van der Waals surface area contributed by atoms with Gasteiger partial charge in [-0.2, -0.15) is 0 Å². The van der Waals surface area contributed by atoms with Crippen molar-refractivity contribution in [2.45, 2.75) is 18.9 Å². The molecule has 0 saturated carbocycles. The van der Waals surface area contributed by atoms with Crippen molar-refractivity contribution in [2.75, 3.05) is 14.2 Å². The lowest BCUT2D eigenvalue weighted by Gasteiger charge is -2.09. The molecule has 0 amide bonds. The van der Waals surface area contributed by atoms with Gasteiger partial charge in [-0.15, -0.1) is 0 Å². The van der Waals surface area contributed by atoms with Gasteiger partial charge in [0.2, 0.25) is 0 Å². The lowest BCUT2D eigenvalue weighted by Crippen LogP contribution is -2.32. The molecule has 160 valence electrons. The first-order valence-electron chi connectivity index (χ1n) is 9.55. The first-order chi connectivity index (χ1) is 14.9. The first-order valence-corrected chi connectivity index (χ1v) is 9.55. The number of methoxy groups -OCH3 is 2. The fraction of sp³-hybridized carbons (Fsp3) is 0.217. The Hall–Kier alpha value is -3.78. The van der Waals surface area contributed by atoms with Crippen molar-refractivity contribution >= 4 is 11.8 Å². The molecule has 8 heteroatoms. The number of aromatic nitrogens is 2. The van der Waals surface area contributed by atoms with Crippen molar-refractivity contribution in [3.63, 3.8) is 0 Å². The lowest BCUT2D eigenvalue weighted by molar-refractivity contribution is -0.138. The Morgan fingerprint density at radius 2 is 1.65 bits per heavy atom. The SMILES string of the molecule is COc1ccc(CC(=O)c2cnc(-c3ccc(C[C@H](N)C(=O)O)cc3)cn2)cc1OC. The average Bonchev–Trinajstić information content (AvgIpc) is 2.79. The Labute approximate surface area is 179 Å². The van der Waals surface area contributed by atoms with Gasteiger partial charge >= 0.3 is 5.97 Å². The molecule has 1 heterocycles. The Morgan fingerprint density at radius 1 is 0.968 bits per heavy atom. The van der Waals surface area contributed by atoms with Gasteiger partial charge in [-0.1, -0.05) is 30.3 Å². The molecule has 1 atom stereocenters. The number of nitrogens with zero attached hydrogens (tertiary/aromatic N) is 2. The molecular formula is C23H23N3O5. The number of Topliss-reactive ketones (excluding diaryl/α,β-unsaturated/α-hetero) is 1. The molecule has 0 spiro atoms. The van der Waals surface area contributed by atoms with E-state index in [-0.39, 0.29) is 24.3 Å². The van der Waals surface area contributed by atoms with Crippen LogP contribution in [0.3, 0.4) is 0 Å². The average molecular weight is 421 g/mol. The molecule has 0 saturated heterocycles. The molecule has 31 heavy (non-hydrogen) atoms. The van der Waals surface area contributed by atoms with Gasteiger partial charge in [0.15, 0.2) is 17.3 Å². The van der Waals surface area contributed by atoms with E-state index in [1.165, 1.54) is 6.20 Å². The molecule has 0 unspecified atom stereocenters. The van der Waals surface area contributed by atoms with E-state index in [1.807, 2.05) is 12.1 Å². The van der Waals surface area contributed by atoms with Gasteiger partial charge in [0.05, 0.1) is 32.3 Å². The Balaban J connectivity index is 1.68. The highest BCUT2D eigenvalue weighted by Gasteiger charge is 2.14. The second-order valence-electron chi connectivity index (χ2n) is 6.92. The summed E-state index contributed by atoms with van der Waals surface area (Å²) < 4.78 is 10.5. The fourth-order valence-electron chi connectivity index (χ4n) is 3.04. The number of carboxylic acids is 1. The molecule has 0 aliphatic heterocycles. The van der Waals surface area contributed by atoms with Crippen LogP contribution in [0.25, 0.3) is 11.3 Å². The second kappa shape index (κ2) is 9.82. The van der Waals surface area contributed by atoms with Crippen LogP contribution in [-0.2, 0) is 17.6 Å². The molecule has 3 rings (SSSR count). The topological polar surface area (TPSA) is 125 Å². The zero-order valence-corrected chi connectivity index (χ0v) is 17.2. The highest BCUT2D eigenvalue weighted by molar-refractivity contribution is 5.95. The highest BCUT2D eigenvalue weighted by Crippen LogP contribution is 2.28. The number of aliphatic carboxylic acids is 1. The largest absolute Gasteiger partial charge is 0.493 e. The van der Waals surface area contributed by atoms with Crippen LogP contribution in [0.5, 0.6) is 11.5 Å². The summed E-state index contributed by atoms with van der Waals surface area (Å²) in [6, 6.07) is 11.6. The molecule has 8 nitrogen and oxygen atoms in total. The molecule has 0 radical (unpaired) electrons. The summed E-state index contributed by atoms with van der Waals surface area (Å²) in [6.45, 7) is 0. The molecular weight excluding hydrogens is 398 g/mol. The summed E-state index contributed by atoms with van der Waals surface area (Å²) >= 11 is 0. The second-order valence-corrected chi connectivity index (χ2v) is 6.92. The molecule has 1 aromatic heterocycles. The van der Waals surface area contributed by atoms with E-state index in [0.717, 1.165) is 16.7 Å². The maximum atomic E-state index is 12.6. The van der Waals surface area contributed by atoms with E-state index in [9.17, 15) is 9.59 Å². The van der Waals surface area contributed by atoms with Gasteiger partial charge in [0.25, 0.3) is 0 Å². The van der Waals surface area contributed by atoms with Crippen LogP contribution in [0.15, 0.2) is 54.9 Å². The van der Waals surface area contributed by atoms with Gasteiger partial charge < -0.3 is 20.3 Å². The number of hydrogen-bond acceptors (Lipinski definition) is 7. The number of ketones is 1. The molecule has 3 aromatic rings. The van der Waals surface area contributed by atoms with E-state index in [0.29, 0.717) is 17.2 Å². The maximum absolute atomic E-state index is 12.6. The van der Waals surface area contributed by atoms with Crippen LogP contribution in [0, 0.1) is 0 Å². The van der Waals surface area contributed by atoms with E-state index in [2.05, 4.69) is 9.97 Å². The van der Waals surface area contributed by atoms with Crippen LogP contribution in [0.1, 0.15) is 21.6 Å². The van der Waals surface area contributed by atoms with Crippen molar-refractivity contribution in [2.24, 2.45) is 5.73 Å². The number of carboxylic acid groups (broad SMARTS) is 1. The van der Waals surface area contributed by atoms with Crippen LogP contribution in [0.2, 0.25) is 0 Å². The quantitative estimate of drug-likeness (QED) is 0.505. The molecule has 0 fully saturated rings. The van der Waals surface area contributed by atoms with Crippen molar-refractivity contribution in [3.8, 4) is 22.8 Å². The zero-order chi connectivity index (χ0) is 22.4. The number of benzene rings is 2. The summed E-state index contributed by atoms with van der Waals surface area (Å²) in [4.78, 5) is 32.1. The number of hydrogen-bond donors (Lipinski definition) is 2. The zero-order valence-electron chi connectivity index (χ0n) is 17.2. The van der Waals surface area contributed by atoms with Gasteiger partial charge in [-0.05, 0) is 29.7 Å². The molecule has 0 aliphatic carbocycles. The maximum Gasteiger partial charge on any atom is 0.320 e. The smallest absolute Gasteiger partial charge is 0.320 e. The van der Waals surface area contributed by atoms with E-state index in [1.54, 1.807) is 50.7 Å². The lowest BCUT2D eigenvalue weighted by atomic mass is 10.0. The minimum atomic E-state index is -1.04. The molecule has 2 aromatic carbocycles. The van der Waals surface area contributed by atoms with E-state index in [4.69, 9.17) is 20.3 Å². The first kappa shape index (κ1) is 21.9. The Bertz CT molecular complexity index is 1070. The van der Waals surface area contributed by atoms with Crippen molar-refractivity contribution in [1.29, 1.82) is 0 Å². The van der Waals surface area contributed by atoms with Crippen LogP contribution >= 0.6 is 0 Å². The third-order valence-corrected chi connectivity index (χ3v) is 4.77. The predicted octanol–water partition coefficient (Wildman–Crippen LogP) is 2.54. The highest BCUT2D eigenvalue weighted by atomic mass is 16.5. The summed E-state index contributed by atoms with van der Waals surface area (Å²) in [5.41, 5.74) is 8.83. The minimum absolute atomic E-state index is 0.160. The summed E-state index contributed by atoms with van der Waals surface area (Å²) in [5.74, 6) is -0.0478. The summed E-state index contributed by atoms with van der Waals surface area (Å²) in [6.07, 6.45) is 3.39. The monoisotopic (exact) mass is 421 g/mol. The summed E-state index contributed by atoms with van der Waals surface area (Å²) in [7, 11) is 3.10. The van der Waals surface area contributed by atoms with Gasteiger partial charge in [0.1, 0.15) is 11.7 Å². The number of ether oxygens (including phenoxy) is 2. The normalized spacial score (nSPS) is 11.6. The third-order valence-electron chi connectivity index (χ3n) is 4.77. The standard InChI is InChI=1S/C23H23N3O5/c1-30-21-8-5-15(11-22(21)31-2)10-20(27)19-13-25-18(12-26-19)16-6-3-14(4-7-16)9-17(24)23(28)29/h3-8,11-13,17H,9-10,24H2,1-2H3,(H,28,29)/t17-/m0/s1. The molecule has 0 aliphatic rings. The number of carbonyl (C=O) groups is 2. The number of rotatable bonds is 9. The number of nitrogens with two attached hydrogens (primary N) is 1. The van der Waals surface area contributed by atoms with E-state index >= 15 is 0 Å². The fourth-order valence-corrected chi connectivity index (χ4v) is 3.04. The van der Waals surface area contributed by atoms with E-state index < -0.39 is 12.0 Å². The predicted molar refractivity (Wildman–Crippen MR) is 114 cm³/mol. The summed E-state index contributed by atoms with van der Waals surface area (Å²) in [5, 5.41) is 8.91. The third kappa shape index (κ3) is 5.43. The van der Waals surface area contributed by atoms with Gasteiger partial charge in [-0.25, -0.2) is 4.98 Å². The van der Waals surface area contributed by atoms with Crippen LogP contribution in [0.4, 0.5) is 0 Å². The van der Waals surface area contributed by atoms with Crippen molar-refractivity contribution in [3.05, 3.63) is 71.7 Å². The van der Waals surface area contributed by atoms with Crippen molar-refractivity contribution in [1.82, 2.24) is 9.97 Å². The van der Waals surface area contributed by atoms with Crippen LogP contribution in [-0.4, -0.2) is 47.1 Å². The Kier molecular flexibility index (Phi) is 6.94. The molecule has 0 bridgehead atoms. The van der Waals surface area contributed by atoms with Gasteiger partial charge in [-0.3, -0.25) is 14.6 Å². The number of carbonyl (C=O) groups excluding carboxylic acids is 1. The van der Waals surface area contributed by atoms with Gasteiger partial charge in [0, 0.05) is 12.0 Å². The Morgan fingerprint density at radius 3 is 2.23 bits per heavy atom.